The Bertz CT molecular complexity index is 378. The first-order valence-electron chi connectivity index (χ1n) is 6.25. The zero-order valence-corrected chi connectivity index (χ0v) is 12.4. The molecule has 2 unspecified atom stereocenters. The van der Waals surface area contributed by atoms with Crippen LogP contribution in [0, 0.1) is 0 Å². The molecular formula is C14H20BrNO2. The number of hydrogen-bond acceptors (Lipinski definition) is 2. The first-order valence-corrected chi connectivity index (χ1v) is 7.05. The van der Waals surface area contributed by atoms with Crippen molar-refractivity contribution in [2.24, 2.45) is 0 Å². The smallest absolute Gasteiger partial charge is 0.227 e. The van der Waals surface area contributed by atoms with Gasteiger partial charge in [0, 0.05) is 11.0 Å². The average Bonchev–Trinajstić information content (AvgIpc) is 2.36. The van der Waals surface area contributed by atoms with E-state index in [1.165, 1.54) is 0 Å². The molecule has 0 fully saturated rings. The third-order valence-electron chi connectivity index (χ3n) is 2.90. The number of benzene rings is 1. The minimum absolute atomic E-state index is 0.0486. The van der Waals surface area contributed by atoms with E-state index < -0.39 is 6.10 Å². The van der Waals surface area contributed by atoms with Gasteiger partial charge in [-0.3, -0.25) is 4.79 Å². The normalized spacial score (nSPS) is 14.0. The summed E-state index contributed by atoms with van der Waals surface area (Å²) in [7, 11) is 0. The number of nitrogens with one attached hydrogen (secondary N) is 1. The third-order valence-corrected chi connectivity index (χ3v) is 3.43. The maximum atomic E-state index is 11.9. The summed E-state index contributed by atoms with van der Waals surface area (Å²) in [4.78, 5) is 11.9. The van der Waals surface area contributed by atoms with Crippen LogP contribution in [0.5, 0.6) is 0 Å². The number of aliphatic hydroxyl groups is 1. The lowest BCUT2D eigenvalue weighted by Crippen LogP contribution is -2.34. The number of carbonyl (C=O) groups is 1. The highest BCUT2D eigenvalue weighted by Gasteiger charge is 2.15. The fourth-order valence-electron chi connectivity index (χ4n) is 1.71. The van der Waals surface area contributed by atoms with Crippen molar-refractivity contribution in [2.75, 3.05) is 6.54 Å². The van der Waals surface area contributed by atoms with Crippen molar-refractivity contribution in [3.05, 3.63) is 34.3 Å². The maximum absolute atomic E-state index is 11.9. The standard InChI is InChI=1S/C14H20BrNO2/c1-3-4-13(17)9-16-14(18)10(2)11-5-7-12(15)8-6-11/h5-8,10,13,17H,3-4,9H2,1-2H3,(H,16,18). The molecule has 0 aliphatic carbocycles. The van der Waals surface area contributed by atoms with Gasteiger partial charge in [0.25, 0.3) is 0 Å². The van der Waals surface area contributed by atoms with E-state index in [2.05, 4.69) is 21.2 Å². The van der Waals surface area contributed by atoms with Gasteiger partial charge in [0.2, 0.25) is 5.91 Å². The molecule has 1 amide bonds. The van der Waals surface area contributed by atoms with E-state index >= 15 is 0 Å². The number of halogens is 1. The predicted molar refractivity (Wildman–Crippen MR) is 76.5 cm³/mol. The Labute approximate surface area is 117 Å². The SMILES string of the molecule is CCCC(O)CNC(=O)C(C)c1ccc(Br)cc1. The summed E-state index contributed by atoms with van der Waals surface area (Å²) in [5, 5.41) is 12.3. The average molecular weight is 314 g/mol. The van der Waals surface area contributed by atoms with E-state index in [1.54, 1.807) is 0 Å². The molecule has 100 valence electrons. The molecule has 2 atom stereocenters. The number of rotatable bonds is 6. The minimum Gasteiger partial charge on any atom is -0.391 e. The van der Waals surface area contributed by atoms with Crippen molar-refractivity contribution in [1.29, 1.82) is 0 Å². The van der Waals surface area contributed by atoms with Crippen molar-refractivity contribution < 1.29 is 9.90 Å². The lowest BCUT2D eigenvalue weighted by molar-refractivity contribution is -0.122. The van der Waals surface area contributed by atoms with Crippen LogP contribution in [0.25, 0.3) is 0 Å². The topological polar surface area (TPSA) is 49.3 Å². The second-order valence-electron chi connectivity index (χ2n) is 4.46. The van der Waals surface area contributed by atoms with E-state index in [9.17, 15) is 9.90 Å². The summed E-state index contributed by atoms with van der Waals surface area (Å²) in [5.41, 5.74) is 0.973. The Morgan fingerprint density at radius 3 is 2.56 bits per heavy atom. The van der Waals surface area contributed by atoms with E-state index in [0.29, 0.717) is 13.0 Å². The highest BCUT2D eigenvalue weighted by Crippen LogP contribution is 2.18. The Morgan fingerprint density at radius 1 is 1.39 bits per heavy atom. The van der Waals surface area contributed by atoms with Crippen LogP contribution in [0.4, 0.5) is 0 Å². The van der Waals surface area contributed by atoms with Gasteiger partial charge >= 0.3 is 0 Å². The zero-order chi connectivity index (χ0) is 13.5. The molecule has 0 bridgehead atoms. The quantitative estimate of drug-likeness (QED) is 0.848. The molecule has 0 saturated carbocycles. The van der Waals surface area contributed by atoms with Gasteiger partial charge in [-0.15, -0.1) is 0 Å². The molecule has 0 aliphatic heterocycles. The lowest BCUT2D eigenvalue weighted by Gasteiger charge is -2.15. The Morgan fingerprint density at radius 2 is 2.00 bits per heavy atom. The predicted octanol–water partition coefficient (Wildman–Crippen LogP) is 2.83. The van der Waals surface area contributed by atoms with Gasteiger partial charge in [0.15, 0.2) is 0 Å². The van der Waals surface area contributed by atoms with Crippen molar-refractivity contribution in [3.8, 4) is 0 Å². The second-order valence-corrected chi connectivity index (χ2v) is 5.38. The number of hydrogen-bond donors (Lipinski definition) is 2. The van der Waals surface area contributed by atoms with Gasteiger partial charge < -0.3 is 10.4 Å². The summed E-state index contributed by atoms with van der Waals surface area (Å²) in [6.45, 7) is 4.20. The summed E-state index contributed by atoms with van der Waals surface area (Å²) in [5.74, 6) is -0.251. The monoisotopic (exact) mass is 313 g/mol. The van der Waals surface area contributed by atoms with Gasteiger partial charge in [-0.05, 0) is 31.0 Å². The van der Waals surface area contributed by atoms with Crippen molar-refractivity contribution in [1.82, 2.24) is 5.32 Å². The molecule has 0 aliphatic rings. The van der Waals surface area contributed by atoms with Gasteiger partial charge in [-0.2, -0.15) is 0 Å². The molecular weight excluding hydrogens is 294 g/mol. The maximum Gasteiger partial charge on any atom is 0.227 e. The van der Waals surface area contributed by atoms with Gasteiger partial charge in [-0.25, -0.2) is 0 Å². The van der Waals surface area contributed by atoms with Crippen LogP contribution in [0.2, 0.25) is 0 Å². The molecule has 18 heavy (non-hydrogen) atoms. The molecule has 3 nitrogen and oxygen atoms in total. The molecule has 2 N–H and O–H groups in total. The van der Waals surface area contributed by atoms with E-state index in [-0.39, 0.29) is 11.8 Å². The first-order chi connectivity index (χ1) is 8.54. The molecule has 0 heterocycles. The van der Waals surface area contributed by atoms with Crippen LogP contribution in [-0.2, 0) is 4.79 Å². The Balaban J connectivity index is 2.48. The van der Waals surface area contributed by atoms with E-state index in [4.69, 9.17) is 0 Å². The van der Waals surface area contributed by atoms with Crippen molar-refractivity contribution >= 4 is 21.8 Å². The van der Waals surface area contributed by atoms with Gasteiger partial charge in [0.05, 0.1) is 12.0 Å². The highest BCUT2D eigenvalue weighted by molar-refractivity contribution is 9.10. The number of aliphatic hydroxyl groups excluding tert-OH is 1. The van der Waals surface area contributed by atoms with Crippen LogP contribution in [0.1, 0.15) is 38.2 Å². The number of carbonyl (C=O) groups excluding carboxylic acids is 1. The summed E-state index contributed by atoms with van der Waals surface area (Å²) >= 11 is 3.37. The van der Waals surface area contributed by atoms with Crippen LogP contribution in [0.3, 0.4) is 0 Å². The van der Waals surface area contributed by atoms with Crippen LogP contribution < -0.4 is 5.32 Å². The highest BCUT2D eigenvalue weighted by atomic mass is 79.9. The van der Waals surface area contributed by atoms with Gasteiger partial charge in [-0.1, -0.05) is 41.4 Å². The fourth-order valence-corrected chi connectivity index (χ4v) is 1.97. The summed E-state index contributed by atoms with van der Waals surface area (Å²) < 4.78 is 0.997. The molecule has 1 aromatic rings. The van der Waals surface area contributed by atoms with E-state index in [0.717, 1.165) is 16.5 Å². The second kappa shape index (κ2) is 7.54. The summed E-state index contributed by atoms with van der Waals surface area (Å²) in [6, 6.07) is 7.70. The molecule has 4 heteroatoms. The third kappa shape index (κ3) is 4.78. The molecule has 0 aromatic heterocycles. The van der Waals surface area contributed by atoms with Gasteiger partial charge in [0.1, 0.15) is 0 Å². The molecule has 0 radical (unpaired) electrons. The van der Waals surface area contributed by atoms with Crippen molar-refractivity contribution in [3.63, 3.8) is 0 Å². The first kappa shape index (κ1) is 15.2. The molecule has 0 spiro atoms. The largest absolute Gasteiger partial charge is 0.391 e. The zero-order valence-electron chi connectivity index (χ0n) is 10.8. The lowest BCUT2D eigenvalue weighted by atomic mass is 10.0. The number of amides is 1. The molecule has 1 aromatic carbocycles. The van der Waals surface area contributed by atoms with Crippen LogP contribution >= 0.6 is 15.9 Å². The Hall–Kier alpha value is -0.870. The van der Waals surface area contributed by atoms with E-state index in [1.807, 2.05) is 38.1 Å². The van der Waals surface area contributed by atoms with Crippen LogP contribution in [0.15, 0.2) is 28.7 Å². The summed E-state index contributed by atoms with van der Waals surface area (Å²) in [6.07, 6.45) is 1.18. The molecule has 0 saturated heterocycles. The van der Waals surface area contributed by atoms with Crippen molar-refractivity contribution in [2.45, 2.75) is 38.7 Å². The molecule has 1 rings (SSSR count). The minimum atomic E-state index is -0.448. The van der Waals surface area contributed by atoms with Crippen LogP contribution in [-0.4, -0.2) is 23.7 Å². The Kier molecular flexibility index (Phi) is 6.36. The fraction of sp³-hybridized carbons (Fsp3) is 0.500.